The standard InChI is InChI=1S/C38H59IO2S2/c1-3-5-7-9-11-13-15-17-19-21-29-40-35-28-25-33(38(43)37(42)32-23-26-34(39)27-24-32)31-36(35)41-30-22-20-18-16-14-12-10-8-6-4-2/h23-28,31,42-43H,3-22,29-30H2,1-2H3. The van der Waals surface area contributed by atoms with E-state index in [0.29, 0.717) is 6.61 Å². The molecule has 43 heavy (non-hydrogen) atoms. The molecule has 2 aromatic rings. The maximum absolute atomic E-state index is 6.34. The van der Waals surface area contributed by atoms with E-state index < -0.39 is 0 Å². The quantitative estimate of drug-likeness (QED) is 0.0433. The van der Waals surface area contributed by atoms with Gasteiger partial charge in [-0.05, 0) is 76.9 Å². The largest absolute Gasteiger partial charge is 0.490 e. The summed E-state index contributed by atoms with van der Waals surface area (Å²) in [6.45, 7) is 6.01. The van der Waals surface area contributed by atoms with Gasteiger partial charge in [-0.2, -0.15) is 0 Å². The van der Waals surface area contributed by atoms with Gasteiger partial charge in [-0.1, -0.05) is 142 Å². The second-order valence-electron chi connectivity index (χ2n) is 11.9. The smallest absolute Gasteiger partial charge is 0.161 e. The van der Waals surface area contributed by atoms with Crippen LogP contribution in [0.4, 0.5) is 0 Å². The van der Waals surface area contributed by atoms with Crippen LogP contribution in [0.15, 0.2) is 42.5 Å². The van der Waals surface area contributed by atoms with Gasteiger partial charge in [0.2, 0.25) is 0 Å². The van der Waals surface area contributed by atoms with Crippen LogP contribution in [-0.2, 0) is 0 Å². The van der Waals surface area contributed by atoms with E-state index in [4.69, 9.17) is 34.7 Å². The highest BCUT2D eigenvalue weighted by molar-refractivity contribution is 14.1. The zero-order chi connectivity index (χ0) is 31.0. The Morgan fingerprint density at radius 1 is 0.488 bits per heavy atom. The summed E-state index contributed by atoms with van der Waals surface area (Å²) in [6.07, 6.45) is 26.4. The van der Waals surface area contributed by atoms with E-state index >= 15 is 0 Å². The van der Waals surface area contributed by atoms with Crippen LogP contribution in [0.1, 0.15) is 153 Å². The molecule has 0 bridgehead atoms. The Kier molecular flexibility index (Phi) is 22.7. The molecule has 0 aliphatic heterocycles. The Labute approximate surface area is 289 Å². The summed E-state index contributed by atoms with van der Waals surface area (Å²) in [6, 6.07) is 14.6. The lowest BCUT2D eigenvalue weighted by molar-refractivity contribution is 0.258. The molecule has 242 valence electrons. The van der Waals surface area contributed by atoms with Crippen molar-refractivity contribution in [3.05, 3.63) is 57.2 Å². The lowest BCUT2D eigenvalue weighted by Gasteiger charge is -2.15. The summed E-state index contributed by atoms with van der Waals surface area (Å²) in [5, 5.41) is 0. The third kappa shape index (κ3) is 17.5. The van der Waals surface area contributed by atoms with Crippen LogP contribution in [0.2, 0.25) is 0 Å². The summed E-state index contributed by atoms with van der Waals surface area (Å²) in [5.41, 5.74) is 2.05. The predicted molar refractivity (Wildman–Crippen MR) is 205 cm³/mol. The second kappa shape index (κ2) is 25.4. The Hall–Kier alpha value is -0.790. The average Bonchev–Trinajstić information content (AvgIpc) is 3.02. The molecule has 0 aliphatic rings. The first-order valence-electron chi connectivity index (χ1n) is 17.3. The van der Waals surface area contributed by atoms with Crippen LogP contribution in [0.5, 0.6) is 11.5 Å². The van der Waals surface area contributed by atoms with Crippen LogP contribution in [0.25, 0.3) is 9.81 Å². The first kappa shape index (κ1) is 38.4. The van der Waals surface area contributed by atoms with Crippen molar-refractivity contribution < 1.29 is 9.47 Å². The number of unbranched alkanes of at least 4 members (excludes halogenated alkanes) is 18. The highest BCUT2D eigenvalue weighted by Crippen LogP contribution is 2.37. The van der Waals surface area contributed by atoms with E-state index in [-0.39, 0.29) is 0 Å². The lowest BCUT2D eigenvalue weighted by Crippen LogP contribution is -2.03. The van der Waals surface area contributed by atoms with Crippen molar-refractivity contribution in [3.63, 3.8) is 0 Å². The highest BCUT2D eigenvalue weighted by atomic mass is 127. The summed E-state index contributed by atoms with van der Waals surface area (Å²) in [5.74, 6) is 1.65. The molecule has 0 N–H and O–H groups in total. The molecule has 2 rings (SSSR count). The number of hydrogen-bond acceptors (Lipinski definition) is 4. The summed E-state index contributed by atoms with van der Waals surface area (Å²) in [4.78, 5) is 1.70. The van der Waals surface area contributed by atoms with E-state index in [0.717, 1.165) is 51.9 Å². The summed E-state index contributed by atoms with van der Waals surface area (Å²) >= 11 is 12.0. The fourth-order valence-corrected chi connectivity index (χ4v) is 6.22. The molecule has 2 aromatic carbocycles. The van der Waals surface area contributed by atoms with Gasteiger partial charge >= 0.3 is 0 Å². The Morgan fingerprint density at radius 2 is 0.860 bits per heavy atom. The van der Waals surface area contributed by atoms with E-state index in [1.54, 1.807) is 0 Å². The van der Waals surface area contributed by atoms with Gasteiger partial charge in [-0.25, -0.2) is 0 Å². The molecule has 5 heteroatoms. The summed E-state index contributed by atoms with van der Waals surface area (Å²) in [7, 11) is 0. The van der Waals surface area contributed by atoms with E-state index in [2.05, 4.69) is 72.8 Å². The Bertz CT molecular complexity index is 1010. The molecule has 0 aromatic heterocycles. The number of hydrogen-bond donors (Lipinski definition) is 2. The average molecular weight is 739 g/mol. The van der Waals surface area contributed by atoms with Crippen molar-refractivity contribution in [1.29, 1.82) is 0 Å². The predicted octanol–water partition coefficient (Wildman–Crippen LogP) is 13.6. The number of halogens is 1. The molecule has 0 unspecified atom stereocenters. The van der Waals surface area contributed by atoms with Crippen LogP contribution in [-0.4, -0.2) is 13.2 Å². The first-order valence-corrected chi connectivity index (χ1v) is 19.3. The number of rotatable bonds is 26. The van der Waals surface area contributed by atoms with Gasteiger partial charge in [-0.15, -0.1) is 25.3 Å². The Balaban J connectivity index is 1.87. The van der Waals surface area contributed by atoms with Crippen molar-refractivity contribution in [1.82, 2.24) is 0 Å². The SMILES string of the molecule is CCCCCCCCCCCCOc1ccc(C(S)=C(S)c2ccc(I)cc2)cc1OCCCCCCCCCCCC. The molecule has 0 spiro atoms. The molecule has 0 saturated heterocycles. The molecule has 0 atom stereocenters. The van der Waals surface area contributed by atoms with Gasteiger partial charge in [0.1, 0.15) is 0 Å². The van der Waals surface area contributed by atoms with Crippen molar-refractivity contribution in [3.8, 4) is 11.5 Å². The lowest BCUT2D eigenvalue weighted by atomic mass is 10.1. The molecule has 0 aliphatic carbocycles. The van der Waals surface area contributed by atoms with Gasteiger partial charge < -0.3 is 9.47 Å². The minimum atomic E-state index is 0.713. The molecule has 0 saturated carbocycles. The highest BCUT2D eigenvalue weighted by Gasteiger charge is 2.12. The minimum Gasteiger partial charge on any atom is -0.490 e. The van der Waals surface area contributed by atoms with Gasteiger partial charge in [0.05, 0.1) is 13.2 Å². The maximum Gasteiger partial charge on any atom is 0.161 e. The van der Waals surface area contributed by atoms with Gasteiger partial charge in [-0.3, -0.25) is 0 Å². The maximum atomic E-state index is 6.34. The van der Waals surface area contributed by atoms with Gasteiger partial charge in [0, 0.05) is 13.4 Å². The number of benzene rings is 2. The van der Waals surface area contributed by atoms with E-state index in [9.17, 15) is 0 Å². The van der Waals surface area contributed by atoms with E-state index in [1.165, 1.54) is 119 Å². The molecule has 0 fully saturated rings. The minimum absolute atomic E-state index is 0.713. The van der Waals surface area contributed by atoms with Crippen molar-refractivity contribution in [2.45, 2.75) is 142 Å². The first-order chi connectivity index (χ1) is 21.1. The molecular weight excluding hydrogens is 679 g/mol. The van der Waals surface area contributed by atoms with Crippen LogP contribution >= 0.6 is 47.8 Å². The monoisotopic (exact) mass is 738 g/mol. The molecule has 2 nitrogen and oxygen atoms in total. The van der Waals surface area contributed by atoms with Crippen LogP contribution in [0.3, 0.4) is 0 Å². The third-order valence-electron chi connectivity index (χ3n) is 8.07. The van der Waals surface area contributed by atoms with Crippen molar-refractivity contribution in [2.75, 3.05) is 13.2 Å². The van der Waals surface area contributed by atoms with Gasteiger partial charge in [0.15, 0.2) is 11.5 Å². The van der Waals surface area contributed by atoms with Crippen molar-refractivity contribution in [2.24, 2.45) is 0 Å². The van der Waals surface area contributed by atoms with Crippen LogP contribution < -0.4 is 9.47 Å². The van der Waals surface area contributed by atoms with Gasteiger partial charge in [0.25, 0.3) is 0 Å². The fourth-order valence-electron chi connectivity index (χ4n) is 5.31. The molecule has 0 amide bonds. The van der Waals surface area contributed by atoms with Crippen molar-refractivity contribution >= 4 is 57.7 Å². The summed E-state index contributed by atoms with van der Waals surface area (Å²) < 4.78 is 13.8. The number of thiol groups is 2. The third-order valence-corrected chi connectivity index (χ3v) is 9.93. The second-order valence-corrected chi connectivity index (χ2v) is 14.1. The molecular formula is C38H59IO2S2. The normalized spacial score (nSPS) is 11.9. The fraction of sp³-hybridized carbons (Fsp3) is 0.632. The van der Waals surface area contributed by atoms with Crippen LogP contribution in [0, 0.1) is 3.57 Å². The van der Waals surface area contributed by atoms with E-state index in [1.807, 2.05) is 6.07 Å². The topological polar surface area (TPSA) is 18.5 Å². The Morgan fingerprint density at radius 3 is 1.33 bits per heavy atom. The zero-order valence-corrected chi connectivity index (χ0v) is 31.1. The molecule has 0 heterocycles. The molecule has 0 radical (unpaired) electrons. The zero-order valence-electron chi connectivity index (χ0n) is 27.2. The number of ether oxygens (including phenoxy) is 2.